The Labute approximate surface area is 91.2 Å². The molecule has 2 N–H and O–H groups in total. The average Bonchev–Trinajstić information content (AvgIpc) is 2.48. The van der Waals surface area contributed by atoms with Gasteiger partial charge in [0.2, 0.25) is 5.91 Å². The maximum absolute atomic E-state index is 10.5. The van der Waals surface area contributed by atoms with Crippen LogP contribution in [0.3, 0.4) is 0 Å². The molecule has 0 spiro atoms. The number of primary amides is 1. The zero-order chi connectivity index (χ0) is 10.6. The molecule has 0 bridgehead atoms. The molecule has 0 radical (unpaired) electrons. The van der Waals surface area contributed by atoms with Gasteiger partial charge in [-0.2, -0.15) is 0 Å². The summed E-state index contributed by atoms with van der Waals surface area (Å²) in [5, 5.41) is 0. The molecule has 0 unspecified atom stereocenters. The molecule has 0 saturated heterocycles. The molecule has 78 valence electrons. The van der Waals surface area contributed by atoms with Gasteiger partial charge >= 0.3 is 0 Å². The molecule has 1 amide bonds. The molecule has 4 nitrogen and oxygen atoms in total. The maximum atomic E-state index is 10.5. The van der Waals surface area contributed by atoms with Crippen LogP contribution in [0.1, 0.15) is 12.2 Å². The molecule has 1 aromatic heterocycles. The normalized spacial score (nSPS) is 10.8. The van der Waals surface area contributed by atoms with Gasteiger partial charge in [-0.3, -0.25) is 9.69 Å². The minimum atomic E-state index is -0.280. The number of nitrogens with two attached hydrogens (primary N) is 1. The summed E-state index contributed by atoms with van der Waals surface area (Å²) in [6.45, 7) is 1.33. The fourth-order valence-electron chi connectivity index (χ4n) is 1.08. The van der Waals surface area contributed by atoms with Gasteiger partial charge in [-0.15, -0.1) is 0 Å². The monoisotopic (exact) mass is 260 g/mol. The molecule has 0 fully saturated rings. The van der Waals surface area contributed by atoms with Gasteiger partial charge in [-0.05, 0) is 35.1 Å². The smallest absolute Gasteiger partial charge is 0.218 e. The first-order valence-corrected chi connectivity index (χ1v) is 5.08. The lowest BCUT2D eigenvalue weighted by molar-refractivity contribution is -0.118. The highest BCUT2D eigenvalue weighted by Crippen LogP contribution is 2.15. The molecule has 0 aliphatic heterocycles. The third-order valence-corrected chi connectivity index (χ3v) is 2.22. The number of nitrogens with zero attached hydrogens (tertiary/aromatic N) is 1. The number of hydrogen-bond donors (Lipinski definition) is 1. The predicted molar refractivity (Wildman–Crippen MR) is 56.6 cm³/mol. The van der Waals surface area contributed by atoms with E-state index in [2.05, 4.69) is 15.9 Å². The van der Waals surface area contributed by atoms with Crippen LogP contribution in [0.15, 0.2) is 21.2 Å². The summed E-state index contributed by atoms with van der Waals surface area (Å²) in [6.07, 6.45) is 0.373. The minimum Gasteiger partial charge on any atom is -0.453 e. The fraction of sp³-hybridized carbons (Fsp3) is 0.444. The van der Waals surface area contributed by atoms with Crippen LogP contribution in [0, 0.1) is 0 Å². The Morgan fingerprint density at radius 1 is 1.64 bits per heavy atom. The van der Waals surface area contributed by atoms with Gasteiger partial charge in [0.25, 0.3) is 0 Å². The average molecular weight is 261 g/mol. The van der Waals surface area contributed by atoms with Crippen molar-refractivity contribution in [2.45, 2.75) is 13.0 Å². The molecule has 0 aromatic carbocycles. The van der Waals surface area contributed by atoms with E-state index in [0.717, 1.165) is 10.4 Å². The standard InChI is InChI=1S/C9H13BrN2O2/c1-12(5-4-9(11)13)6-7-2-3-8(10)14-7/h2-3H,4-6H2,1H3,(H2,11,13). The summed E-state index contributed by atoms with van der Waals surface area (Å²) in [7, 11) is 1.92. The first kappa shape index (κ1) is 11.3. The van der Waals surface area contributed by atoms with Crippen molar-refractivity contribution < 1.29 is 9.21 Å². The molecule has 14 heavy (non-hydrogen) atoms. The van der Waals surface area contributed by atoms with E-state index in [1.165, 1.54) is 0 Å². The largest absolute Gasteiger partial charge is 0.453 e. The number of furan rings is 1. The van der Waals surface area contributed by atoms with Crippen LogP contribution < -0.4 is 5.73 Å². The first-order valence-electron chi connectivity index (χ1n) is 4.29. The van der Waals surface area contributed by atoms with Crippen molar-refractivity contribution in [3.63, 3.8) is 0 Å². The van der Waals surface area contributed by atoms with Crippen LogP contribution in [0.25, 0.3) is 0 Å². The summed E-state index contributed by atoms with van der Waals surface area (Å²) in [5.41, 5.74) is 5.04. The zero-order valence-corrected chi connectivity index (χ0v) is 9.58. The highest BCUT2D eigenvalue weighted by molar-refractivity contribution is 9.10. The lowest BCUT2D eigenvalue weighted by Crippen LogP contribution is -2.23. The Kier molecular flexibility index (Phi) is 4.16. The quantitative estimate of drug-likeness (QED) is 0.870. The van der Waals surface area contributed by atoms with Crippen molar-refractivity contribution in [3.05, 3.63) is 22.6 Å². The molecule has 1 aromatic rings. The molecule has 0 aliphatic carbocycles. The number of halogens is 1. The maximum Gasteiger partial charge on any atom is 0.218 e. The Bertz CT molecular complexity index is 312. The fourth-order valence-corrected chi connectivity index (χ4v) is 1.42. The predicted octanol–water partition coefficient (Wildman–Crippen LogP) is 1.35. The van der Waals surface area contributed by atoms with Crippen molar-refractivity contribution >= 4 is 21.8 Å². The molecule has 5 heteroatoms. The summed E-state index contributed by atoms with van der Waals surface area (Å²) >= 11 is 3.22. The van der Waals surface area contributed by atoms with E-state index in [9.17, 15) is 4.79 Å². The first-order chi connectivity index (χ1) is 6.58. The topological polar surface area (TPSA) is 59.5 Å². The van der Waals surface area contributed by atoms with Crippen molar-refractivity contribution in [1.29, 1.82) is 0 Å². The van der Waals surface area contributed by atoms with Gasteiger partial charge < -0.3 is 10.2 Å². The molecule has 0 atom stereocenters. The Balaban J connectivity index is 2.33. The van der Waals surface area contributed by atoms with E-state index in [4.69, 9.17) is 10.2 Å². The number of hydrogen-bond acceptors (Lipinski definition) is 3. The summed E-state index contributed by atoms with van der Waals surface area (Å²) in [4.78, 5) is 12.5. The number of amides is 1. The van der Waals surface area contributed by atoms with E-state index in [1.54, 1.807) is 0 Å². The Morgan fingerprint density at radius 3 is 2.86 bits per heavy atom. The second kappa shape index (κ2) is 5.17. The third kappa shape index (κ3) is 3.93. The highest BCUT2D eigenvalue weighted by atomic mass is 79.9. The molecule has 0 aliphatic rings. The van der Waals surface area contributed by atoms with Crippen LogP contribution in [0.5, 0.6) is 0 Å². The molecular formula is C9H13BrN2O2. The third-order valence-electron chi connectivity index (χ3n) is 1.79. The molecular weight excluding hydrogens is 248 g/mol. The van der Waals surface area contributed by atoms with E-state index in [-0.39, 0.29) is 5.91 Å². The lowest BCUT2D eigenvalue weighted by Gasteiger charge is -2.13. The van der Waals surface area contributed by atoms with E-state index in [1.807, 2.05) is 24.1 Å². The zero-order valence-electron chi connectivity index (χ0n) is 8.00. The van der Waals surface area contributed by atoms with Crippen LogP contribution >= 0.6 is 15.9 Å². The van der Waals surface area contributed by atoms with Gasteiger partial charge in [0.15, 0.2) is 4.67 Å². The van der Waals surface area contributed by atoms with Crippen LogP contribution in [-0.2, 0) is 11.3 Å². The van der Waals surface area contributed by atoms with Gasteiger partial charge in [0, 0.05) is 13.0 Å². The summed E-state index contributed by atoms with van der Waals surface area (Å²) in [5.74, 6) is 0.585. The Hall–Kier alpha value is -0.810. The molecule has 1 rings (SSSR count). The van der Waals surface area contributed by atoms with Gasteiger partial charge in [0.05, 0.1) is 6.54 Å². The van der Waals surface area contributed by atoms with Crippen molar-refractivity contribution in [2.24, 2.45) is 5.73 Å². The van der Waals surface area contributed by atoms with Gasteiger partial charge in [-0.1, -0.05) is 0 Å². The van der Waals surface area contributed by atoms with E-state index >= 15 is 0 Å². The van der Waals surface area contributed by atoms with E-state index < -0.39 is 0 Å². The van der Waals surface area contributed by atoms with Crippen molar-refractivity contribution in [2.75, 3.05) is 13.6 Å². The highest BCUT2D eigenvalue weighted by Gasteiger charge is 2.05. The van der Waals surface area contributed by atoms with E-state index in [0.29, 0.717) is 19.5 Å². The van der Waals surface area contributed by atoms with Gasteiger partial charge in [0.1, 0.15) is 5.76 Å². The summed E-state index contributed by atoms with van der Waals surface area (Å²) < 4.78 is 6.04. The minimum absolute atomic E-state index is 0.280. The lowest BCUT2D eigenvalue weighted by atomic mass is 10.3. The van der Waals surface area contributed by atoms with Crippen LogP contribution in [0.4, 0.5) is 0 Å². The second-order valence-electron chi connectivity index (χ2n) is 3.16. The summed E-state index contributed by atoms with van der Waals surface area (Å²) in [6, 6.07) is 3.74. The number of rotatable bonds is 5. The Morgan fingerprint density at radius 2 is 2.36 bits per heavy atom. The van der Waals surface area contributed by atoms with Gasteiger partial charge in [-0.25, -0.2) is 0 Å². The van der Waals surface area contributed by atoms with Crippen LogP contribution in [0.2, 0.25) is 0 Å². The van der Waals surface area contributed by atoms with Crippen molar-refractivity contribution in [1.82, 2.24) is 4.90 Å². The molecule has 0 saturated carbocycles. The SMILES string of the molecule is CN(CCC(N)=O)Cc1ccc(Br)o1. The second-order valence-corrected chi connectivity index (χ2v) is 3.94. The molecule has 1 heterocycles. The van der Waals surface area contributed by atoms with Crippen molar-refractivity contribution in [3.8, 4) is 0 Å². The van der Waals surface area contributed by atoms with Crippen LogP contribution in [-0.4, -0.2) is 24.4 Å². The number of carbonyl (C=O) groups is 1. The number of carbonyl (C=O) groups excluding carboxylic acids is 1.